The van der Waals surface area contributed by atoms with Crippen molar-refractivity contribution in [2.75, 3.05) is 5.75 Å². The summed E-state index contributed by atoms with van der Waals surface area (Å²) >= 11 is 1.92. The fourth-order valence-corrected chi connectivity index (χ4v) is 3.16. The summed E-state index contributed by atoms with van der Waals surface area (Å²) in [6, 6.07) is 2.14. The van der Waals surface area contributed by atoms with Gasteiger partial charge in [-0.2, -0.15) is 22.0 Å². The van der Waals surface area contributed by atoms with Crippen LogP contribution in [0.25, 0.3) is 0 Å². The Bertz CT molecular complexity index is 393. The zero-order valence-corrected chi connectivity index (χ0v) is 10.9. The standard InChI is InChI=1S/C12H17N3OS/c1-9(5-4-7-13)12-14-11(15-16-12)10-6-2-3-8-17-10/h9-10H,2-6,8H2,1H3. The van der Waals surface area contributed by atoms with Crippen molar-refractivity contribution in [3.8, 4) is 6.07 Å². The lowest BCUT2D eigenvalue weighted by Crippen LogP contribution is -2.04. The van der Waals surface area contributed by atoms with E-state index in [9.17, 15) is 0 Å². The molecule has 1 aromatic rings. The monoisotopic (exact) mass is 251 g/mol. The van der Waals surface area contributed by atoms with Crippen molar-refractivity contribution in [3.63, 3.8) is 0 Å². The molecule has 1 saturated heterocycles. The first-order valence-electron chi connectivity index (χ1n) is 6.13. The van der Waals surface area contributed by atoms with Crippen molar-refractivity contribution in [1.29, 1.82) is 5.26 Å². The van der Waals surface area contributed by atoms with Crippen LogP contribution in [0, 0.1) is 11.3 Å². The zero-order valence-electron chi connectivity index (χ0n) is 10.1. The molecule has 5 heteroatoms. The molecule has 0 saturated carbocycles. The van der Waals surface area contributed by atoms with E-state index in [2.05, 4.69) is 16.2 Å². The minimum atomic E-state index is 0.185. The van der Waals surface area contributed by atoms with Crippen LogP contribution >= 0.6 is 11.8 Å². The van der Waals surface area contributed by atoms with Crippen LogP contribution in [-0.4, -0.2) is 15.9 Å². The summed E-state index contributed by atoms with van der Waals surface area (Å²) in [5.41, 5.74) is 0. The molecule has 1 fully saturated rings. The highest BCUT2D eigenvalue weighted by atomic mass is 32.2. The molecule has 0 bridgehead atoms. The van der Waals surface area contributed by atoms with E-state index in [-0.39, 0.29) is 5.92 Å². The second-order valence-corrected chi connectivity index (χ2v) is 5.75. The number of rotatable bonds is 4. The molecule has 17 heavy (non-hydrogen) atoms. The van der Waals surface area contributed by atoms with Gasteiger partial charge in [-0.3, -0.25) is 0 Å². The first-order chi connectivity index (χ1) is 8.31. The highest BCUT2D eigenvalue weighted by molar-refractivity contribution is 7.99. The lowest BCUT2D eigenvalue weighted by molar-refractivity contribution is 0.350. The van der Waals surface area contributed by atoms with Crippen molar-refractivity contribution < 1.29 is 4.52 Å². The predicted molar refractivity (Wildman–Crippen MR) is 66.6 cm³/mol. The Morgan fingerprint density at radius 3 is 3.18 bits per heavy atom. The Hall–Kier alpha value is -1.02. The van der Waals surface area contributed by atoms with Gasteiger partial charge in [0.25, 0.3) is 0 Å². The number of hydrogen-bond acceptors (Lipinski definition) is 5. The number of nitrogens with zero attached hydrogens (tertiary/aromatic N) is 3. The van der Waals surface area contributed by atoms with E-state index in [0.717, 1.165) is 18.7 Å². The lowest BCUT2D eigenvalue weighted by Gasteiger charge is -2.17. The van der Waals surface area contributed by atoms with E-state index < -0.39 is 0 Å². The van der Waals surface area contributed by atoms with Gasteiger partial charge < -0.3 is 4.52 Å². The molecule has 0 aromatic carbocycles. The number of nitriles is 1. The average molecular weight is 251 g/mol. The molecule has 92 valence electrons. The summed E-state index contributed by atoms with van der Waals surface area (Å²) in [7, 11) is 0. The number of hydrogen-bond donors (Lipinski definition) is 0. The van der Waals surface area contributed by atoms with E-state index in [1.165, 1.54) is 18.6 Å². The third kappa shape index (κ3) is 3.22. The van der Waals surface area contributed by atoms with Gasteiger partial charge in [0.1, 0.15) is 0 Å². The molecule has 1 aliphatic heterocycles. The van der Waals surface area contributed by atoms with Gasteiger partial charge in [0.2, 0.25) is 5.89 Å². The summed E-state index contributed by atoms with van der Waals surface area (Å²) in [6.07, 6.45) is 5.03. The maximum atomic E-state index is 8.55. The largest absolute Gasteiger partial charge is 0.339 e. The highest BCUT2D eigenvalue weighted by Gasteiger charge is 2.22. The van der Waals surface area contributed by atoms with Crippen molar-refractivity contribution in [2.45, 2.75) is 50.2 Å². The Labute approximate surface area is 106 Å². The van der Waals surface area contributed by atoms with Gasteiger partial charge >= 0.3 is 0 Å². The molecule has 0 spiro atoms. The van der Waals surface area contributed by atoms with Crippen LogP contribution in [0.4, 0.5) is 0 Å². The van der Waals surface area contributed by atoms with Gasteiger partial charge in [0.15, 0.2) is 5.82 Å². The second-order valence-electron chi connectivity index (χ2n) is 4.44. The molecule has 1 aliphatic rings. The Morgan fingerprint density at radius 1 is 1.59 bits per heavy atom. The smallest absolute Gasteiger partial charge is 0.229 e. The molecule has 0 aliphatic carbocycles. The van der Waals surface area contributed by atoms with Crippen LogP contribution in [0.2, 0.25) is 0 Å². The van der Waals surface area contributed by atoms with E-state index >= 15 is 0 Å². The Morgan fingerprint density at radius 2 is 2.47 bits per heavy atom. The predicted octanol–water partition coefficient (Wildman–Crippen LogP) is 3.44. The average Bonchev–Trinajstić information content (AvgIpc) is 2.86. The number of aromatic nitrogens is 2. The molecular weight excluding hydrogens is 234 g/mol. The van der Waals surface area contributed by atoms with Gasteiger partial charge in [-0.05, 0) is 25.0 Å². The van der Waals surface area contributed by atoms with Crippen molar-refractivity contribution in [3.05, 3.63) is 11.7 Å². The topological polar surface area (TPSA) is 62.7 Å². The van der Waals surface area contributed by atoms with Crippen LogP contribution in [0.1, 0.15) is 61.9 Å². The summed E-state index contributed by atoms with van der Waals surface area (Å²) in [5.74, 6) is 2.90. The quantitative estimate of drug-likeness (QED) is 0.820. The van der Waals surface area contributed by atoms with Gasteiger partial charge in [-0.25, -0.2) is 0 Å². The van der Waals surface area contributed by atoms with Crippen molar-refractivity contribution in [1.82, 2.24) is 10.1 Å². The number of thioether (sulfide) groups is 1. The molecule has 0 N–H and O–H groups in total. The Kier molecular flexibility index (Phi) is 4.43. The van der Waals surface area contributed by atoms with E-state index in [1.807, 2.05) is 18.7 Å². The molecule has 2 rings (SSSR count). The van der Waals surface area contributed by atoms with Gasteiger partial charge in [-0.1, -0.05) is 18.5 Å². The zero-order chi connectivity index (χ0) is 12.1. The third-order valence-corrected chi connectivity index (χ3v) is 4.41. The van der Waals surface area contributed by atoms with Crippen LogP contribution in [0.3, 0.4) is 0 Å². The summed E-state index contributed by atoms with van der Waals surface area (Å²) in [6.45, 7) is 2.03. The van der Waals surface area contributed by atoms with Gasteiger partial charge in [0, 0.05) is 12.3 Å². The van der Waals surface area contributed by atoms with Gasteiger partial charge in [0.05, 0.1) is 11.3 Å². The molecule has 2 heterocycles. The van der Waals surface area contributed by atoms with Crippen LogP contribution < -0.4 is 0 Å². The maximum Gasteiger partial charge on any atom is 0.229 e. The molecule has 0 radical (unpaired) electrons. The minimum absolute atomic E-state index is 0.185. The minimum Gasteiger partial charge on any atom is -0.339 e. The first-order valence-corrected chi connectivity index (χ1v) is 7.18. The lowest BCUT2D eigenvalue weighted by atomic mass is 10.1. The third-order valence-electron chi connectivity index (χ3n) is 3.04. The summed E-state index contributed by atoms with van der Waals surface area (Å²) < 4.78 is 5.29. The molecule has 2 atom stereocenters. The maximum absolute atomic E-state index is 8.55. The van der Waals surface area contributed by atoms with E-state index in [0.29, 0.717) is 17.6 Å². The van der Waals surface area contributed by atoms with Crippen molar-refractivity contribution >= 4 is 11.8 Å². The molecule has 4 nitrogen and oxygen atoms in total. The molecular formula is C12H17N3OS. The SMILES string of the molecule is CC(CCC#N)c1nc(C2CCCCS2)no1. The second kappa shape index (κ2) is 6.06. The first kappa shape index (κ1) is 12.4. The molecule has 2 unspecified atom stereocenters. The van der Waals surface area contributed by atoms with E-state index in [1.54, 1.807) is 0 Å². The highest BCUT2D eigenvalue weighted by Crippen LogP contribution is 2.37. The fraction of sp³-hybridized carbons (Fsp3) is 0.750. The van der Waals surface area contributed by atoms with Crippen LogP contribution in [0.15, 0.2) is 4.52 Å². The summed E-state index contributed by atoms with van der Waals surface area (Å²) in [4.78, 5) is 4.48. The van der Waals surface area contributed by atoms with Crippen LogP contribution in [0.5, 0.6) is 0 Å². The van der Waals surface area contributed by atoms with Crippen molar-refractivity contribution in [2.24, 2.45) is 0 Å². The summed E-state index contributed by atoms with van der Waals surface area (Å²) in [5, 5.41) is 13.0. The fourth-order valence-electron chi connectivity index (χ4n) is 1.93. The van der Waals surface area contributed by atoms with E-state index in [4.69, 9.17) is 9.78 Å². The van der Waals surface area contributed by atoms with Crippen LogP contribution in [-0.2, 0) is 0 Å². The van der Waals surface area contributed by atoms with Gasteiger partial charge in [-0.15, -0.1) is 0 Å². The Balaban J connectivity index is 1.97. The molecule has 0 amide bonds. The molecule has 1 aromatic heterocycles. The normalized spacial score (nSPS) is 22.0.